The van der Waals surface area contributed by atoms with Gasteiger partial charge in [0.2, 0.25) is 0 Å². The highest BCUT2D eigenvalue weighted by Crippen LogP contribution is 2.21. The van der Waals surface area contributed by atoms with Crippen molar-refractivity contribution in [2.75, 3.05) is 31.5 Å². The molecule has 0 aromatic heterocycles. The minimum Gasteiger partial charge on any atom is -0.362 e. The van der Waals surface area contributed by atoms with Crippen LogP contribution in [0.2, 0.25) is 5.02 Å². The van der Waals surface area contributed by atoms with Gasteiger partial charge in [-0.05, 0) is 61.6 Å². The van der Waals surface area contributed by atoms with E-state index in [0.717, 1.165) is 31.3 Å². The Kier molecular flexibility index (Phi) is 7.06. The van der Waals surface area contributed by atoms with E-state index in [0.29, 0.717) is 10.8 Å². The van der Waals surface area contributed by atoms with Gasteiger partial charge in [-0.3, -0.25) is 0 Å². The fourth-order valence-corrected chi connectivity index (χ4v) is 3.63. The second kappa shape index (κ2) is 8.81. The summed E-state index contributed by atoms with van der Waals surface area (Å²) in [7, 11) is 0. The summed E-state index contributed by atoms with van der Waals surface area (Å²) in [5.74, 6) is 1.15. The number of benzene rings is 1. The maximum Gasteiger partial charge on any atom is 0.170 e. The van der Waals surface area contributed by atoms with Crippen LogP contribution in [0.3, 0.4) is 0 Å². The van der Waals surface area contributed by atoms with Crippen LogP contribution in [-0.4, -0.2) is 36.2 Å². The molecule has 0 amide bonds. The van der Waals surface area contributed by atoms with Gasteiger partial charge in [0.1, 0.15) is 5.82 Å². The van der Waals surface area contributed by atoms with Crippen molar-refractivity contribution in [1.82, 2.24) is 10.2 Å². The molecule has 0 radical (unpaired) electrons. The predicted molar refractivity (Wildman–Crippen MR) is 99.6 cm³/mol. The van der Waals surface area contributed by atoms with Crippen LogP contribution in [0.1, 0.15) is 26.7 Å². The highest BCUT2D eigenvalue weighted by molar-refractivity contribution is 7.80. The predicted octanol–water partition coefficient (Wildman–Crippen LogP) is 4.13. The molecule has 1 aromatic carbocycles. The van der Waals surface area contributed by atoms with Crippen molar-refractivity contribution < 1.29 is 4.39 Å². The van der Waals surface area contributed by atoms with Crippen molar-refractivity contribution >= 4 is 34.6 Å². The van der Waals surface area contributed by atoms with Crippen molar-refractivity contribution in [3.8, 4) is 0 Å². The Labute approximate surface area is 148 Å². The molecule has 2 atom stereocenters. The molecule has 3 nitrogen and oxygen atoms in total. The smallest absolute Gasteiger partial charge is 0.170 e. The summed E-state index contributed by atoms with van der Waals surface area (Å²) in [5.41, 5.74) is 0.688. The third-order valence-corrected chi connectivity index (χ3v) is 4.59. The summed E-state index contributed by atoms with van der Waals surface area (Å²) < 4.78 is 13.1. The number of nitrogens with zero attached hydrogens (tertiary/aromatic N) is 1. The lowest BCUT2D eigenvalue weighted by molar-refractivity contribution is 0.140. The van der Waals surface area contributed by atoms with Crippen LogP contribution >= 0.6 is 23.8 Å². The number of hydrogen-bond donors (Lipinski definition) is 2. The Morgan fingerprint density at radius 1 is 1.35 bits per heavy atom. The van der Waals surface area contributed by atoms with Gasteiger partial charge in [0.25, 0.3) is 0 Å². The Bertz CT molecular complexity index is 531. The van der Waals surface area contributed by atoms with Gasteiger partial charge in [-0.1, -0.05) is 25.4 Å². The number of nitrogens with one attached hydrogen (secondary N) is 2. The summed E-state index contributed by atoms with van der Waals surface area (Å²) in [6, 6.07) is 4.47. The Morgan fingerprint density at radius 3 is 2.70 bits per heavy atom. The van der Waals surface area contributed by atoms with Crippen molar-refractivity contribution in [2.45, 2.75) is 26.7 Å². The first-order valence-electron chi connectivity index (χ1n) is 8.16. The van der Waals surface area contributed by atoms with Gasteiger partial charge in [0, 0.05) is 25.3 Å². The largest absolute Gasteiger partial charge is 0.362 e. The molecule has 1 saturated heterocycles. The summed E-state index contributed by atoms with van der Waals surface area (Å²) >= 11 is 11.0. The summed E-state index contributed by atoms with van der Waals surface area (Å²) in [6.45, 7) is 8.95. The van der Waals surface area contributed by atoms with E-state index in [4.69, 9.17) is 23.8 Å². The zero-order valence-corrected chi connectivity index (χ0v) is 15.3. The van der Waals surface area contributed by atoms with Crippen LogP contribution in [0.15, 0.2) is 18.2 Å². The molecule has 0 aliphatic carbocycles. The maximum atomic E-state index is 13.1. The van der Waals surface area contributed by atoms with Gasteiger partial charge >= 0.3 is 0 Å². The molecule has 0 bridgehead atoms. The fraction of sp³-hybridized carbons (Fsp3) is 0.588. The zero-order valence-electron chi connectivity index (χ0n) is 13.7. The van der Waals surface area contributed by atoms with Crippen molar-refractivity contribution in [3.05, 3.63) is 29.0 Å². The molecule has 1 fully saturated rings. The number of anilines is 1. The molecule has 2 N–H and O–H groups in total. The third-order valence-electron chi connectivity index (χ3n) is 4.06. The highest BCUT2D eigenvalue weighted by atomic mass is 35.5. The van der Waals surface area contributed by atoms with E-state index in [1.54, 1.807) is 6.07 Å². The number of rotatable bonds is 5. The molecule has 1 aliphatic heterocycles. The molecule has 0 unspecified atom stereocenters. The SMILES string of the molecule is C[C@@H]1C[C@H](C)CN(CCCNC(=S)Nc2ccc(F)c(Cl)c2)C1. The van der Waals surface area contributed by atoms with E-state index in [-0.39, 0.29) is 5.02 Å². The molecule has 1 aliphatic rings. The van der Waals surface area contributed by atoms with Crippen LogP contribution < -0.4 is 10.6 Å². The highest BCUT2D eigenvalue weighted by Gasteiger charge is 2.20. The number of halogens is 2. The molecule has 1 heterocycles. The first-order chi connectivity index (χ1) is 10.9. The molecule has 6 heteroatoms. The van der Waals surface area contributed by atoms with Crippen LogP contribution in [0.25, 0.3) is 0 Å². The van der Waals surface area contributed by atoms with E-state index in [1.165, 1.54) is 31.6 Å². The van der Waals surface area contributed by atoms with E-state index in [9.17, 15) is 4.39 Å². The van der Waals surface area contributed by atoms with Gasteiger partial charge in [-0.25, -0.2) is 4.39 Å². The van der Waals surface area contributed by atoms with Gasteiger partial charge < -0.3 is 15.5 Å². The van der Waals surface area contributed by atoms with E-state index in [2.05, 4.69) is 29.4 Å². The van der Waals surface area contributed by atoms with Gasteiger partial charge in [-0.2, -0.15) is 0 Å². The summed E-state index contributed by atoms with van der Waals surface area (Å²) in [4.78, 5) is 2.54. The molecule has 0 spiro atoms. The van der Waals surface area contributed by atoms with Crippen LogP contribution in [-0.2, 0) is 0 Å². The number of thiocarbonyl (C=S) groups is 1. The molecule has 0 saturated carbocycles. The van der Waals surface area contributed by atoms with E-state index >= 15 is 0 Å². The summed E-state index contributed by atoms with van der Waals surface area (Å²) in [5, 5.41) is 6.83. The molecule has 128 valence electrons. The first kappa shape index (κ1) is 18.4. The number of piperidine rings is 1. The van der Waals surface area contributed by atoms with Crippen molar-refractivity contribution in [3.63, 3.8) is 0 Å². The van der Waals surface area contributed by atoms with Crippen molar-refractivity contribution in [1.29, 1.82) is 0 Å². The van der Waals surface area contributed by atoms with Crippen LogP contribution in [0.4, 0.5) is 10.1 Å². The topological polar surface area (TPSA) is 27.3 Å². The molecule has 23 heavy (non-hydrogen) atoms. The number of likely N-dealkylation sites (tertiary alicyclic amines) is 1. The van der Waals surface area contributed by atoms with Gasteiger partial charge in [-0.15, -0.1) is 0 Å². The number of hydrogen-bond acceptors (Lipinski definition) is 2. The second-order valence-electron chi connectivity index (χ2n) is 6.57. The quantitative estimate of drug-likeness (QED) is 0.612. The standard InChI is InChI=1S/C17H25ClFN3S/c1-12-8-13(2)11-22(10-12)7-3-6-20-17(23)21-14-4-5-16(19)15(18)9-14/h4-5,9,12-13H,3,6-8,10-11H2,1-2H3,(H2,20,21,23)/t12-,13+. The van der Waals surface area contributed by atoms with E-state index in [1.807, 2.05) is 0 Å². The van der Waals surface area contributed by atoms with Crippen molar-refractivity contribution in [2.24, 2.45) is 11.8 Å². The molecular weight excluding hydrogens is 333 g/mol. The Balaban J connectivity index is 1.65. The minimum absolute atomic E-state index is 0.0890. The van der Waals surface area contributed by atoms with E-state index < -0.39 is 5.82 Å². The lowest BCUT2D eigenvalue weighted by Gasteiger charge is -2.34. The molecular formula is C17H25ClFN3S. The normalized spacial score (nSPS) is 21.9. The first-order valence-corrected chi connectivity index (χ1v) is 8.95. The average Bonchev–Trinajstić information content (AvgIpc) is 2.46. The fourth-order valence-electron chi connectivity index (χ4n) is 3.23. The Hall–Kier alpha value is -0.910. The second-order valence-corrected chi connectivity index (χ2v) is 7.38. The zero-order chi connectivity index (χ0) is 16.8. The monoisotopic (exact) mass is 357 g/mol. The van der Waals surface area contributed by atoms with Crippen LogP contribution in [0.5, 0.6) is 0 Å². The lowest BCUT2D eigenvalue weighted by Crippen LogP contribution is -2.40. The van der Waals surface area contributed by atoms with Gasteiger partial charge in [0.15, 0.2) is 5.11 Å². The molecule has 2 rings (SSSR count). The maximum absolute atomic E-state index is 13.1. The molecule has 1 aromatic rings. The minimum atomic E-state index is -0.430. The Morgan fingerprint density at radius 2 is 2.04 bits per heavy atom. The van der Waals surface area contributed by atoms with Gasteiger partial charge in [0.05, 0.1) is 5.02 Å². The van der Waals surface area contributed by atoms with Crippen LogP contribution in [0, 0.1) is 17.7 Å². The lowest BCUT2D eigenvalue weighted by atomic mass is 9.92. The third kappa shape index (κ3) is 6.24. The average molecular weight is 358 g/mol. The summed E-state index contributed by atoms with van der Waals surface area (Å²) in [6.07, 6.45) is 2.38.